The molecular weight excluding hydrogens is 150 g/mol. The SMILES string of the molecule is CCC1C(C)NCCC1C(C)=O. The Bertz CT molecular complexity index is 167. The molecule has 1 aliphatic heterocycles. The molecule has 1 saturated heterocycles. The van der Waals surface area contributed by atoms with Gasteiger partial charge in [-0.1, -0.05) is 13.3 Å². The van der Waals surface area contributed by atoms with E-state index in [-0.39, 0.29) is 0 Å². The molecule has 0 radical (unpaired) electrons. The van der Waals surface area contributed by atoms with E-state index in [2.05, 4.69) is 19.2 Å². The zero-order valence-corrected chi connectivity index (χ0v) is 8.26. The fraction of sp³-hybridized carbons (Fsp3) is 0.900. The van der Waals surface area contributed by atoms with E-state index in [0.717, 1.165) is 19.4 Å². The van der Waals surface area contributed by atoms with Crippen LogP contribution in [0.5, 0.6) is 0 Å². The molecule has 1 heterocycles. The molecular formula is C10H19NO. The second kappa shape index (κ2) is 4.04. The molecule has 70 valence electrons. The van der Waals surface area contributed by atoms with Crippen LogP contribution >= 0.6 is 0 Å². The van der Waals surface area contributed by atoms with Crippen molar-refractivity contribution in [2.75, 3.05) is 6.54 Å². The largest absolute Gasteiger partial charge is 0.314 e. The predicted molar refractivity (Wildman–Crippen MR) is 50.0 cm³/mol. The van der Waals surface area contributed by atoms with Crippen LogP contribution in [-0.2, 0) is 4.79 Å². The quantitative estimate of drug-likeness (QED) is 0.680. The third-order valence-electron chi connectivity index (χ3n) is 3.07. The minimum Gasteiger partial charge on any atom is -0.314 e. The maximum atomic E-state index is 11.3. The van der Waals surface area contributed by atoms with Crippen LogP contribution in [0, 0.1) is 11.8 Å². The first-order valence-electron chi connectivity index (χ1n) is 4.90. The first-order valence-corrected chi connectivity index (χ1v) is 4.90. The molecule has 0 aliphatic carbocycles. The van der Waals surface area contributed by atoms with Crippen molar-refractivity contribution in [3.8, 4) is 0 Å². The molecule has 0 aromatic heterocycles. The second-order valence-electron chi connectivity index (χ2n) is 3.82. The summed E-state index contributed by atoms with van der Waals surface area (Å²) in [4.78, 5) is 11.3. The van der Waals surface area contributed by atoms with Gasteiger partial charge in [-0.3, -0.25) is 4.79 Å². The maximum absolute atomic E-state index is 11.3. The highest BCUT2D eigenvalue weighted by Crippen LogP contribution is 2.26. The molecule has 0 spiro atoms. The highest BCUT2D eigenvalue weighted by Gasteiger charge is 2.31. The number of ketones is 1. The molecule has 0 bridgehead atoms. The van der Waals surface area contributed by atoms with Gasteiger partial charge in [-0.2, -0.15) is 0 Å². The number of nitrogens with one attached hydrogen (secondary N) is 1. The second-order valence-corrected chi connectivity index (χ2v) is 3.82. The highest BCUT2D eigenvalue weighted by atomic mass is 16.1. The lowest BCUT2D eigenvalue weighted by Gasteiger charge is -2.35. The van der Waals surface area contributed by atoms with Crippen molar-refractivity contribution in [1.82, 2.24) is 5.32 Å². The van der Waals surface area contributed by atoms with Crippen molar-refractivity contribution in [2.24, 2.45) is 11.8 Å². The van der Waals surface area contributed by atoms with Crippen molar-refractivity contribution in [3.05, 3.63) is 0 Å². The molecule has 1 aliphatic rings. The number of hydrogen-bond donors (Lipinski definition) is 1. The molecule has 0 aromatic rings. The summed E-state index contributed by atoms with van der Waals surface area (Å²) >= 11 is 0. The van der Waals surface area contributed by atoms with Crippen molar-refractivity contribution < 1.29 is 4.79 Å². The standard InChI is InChI=1S/C10H19NO/c1-4-9-7(2)11-6-5-10(9)8(3)12/h7,9-11H,4-6H2,1-3H3. The molecule has 1 rings (SSSR count). The fourth-order valence-corrected chi connectivity index (χ4v) is 2.32. The van der Waals surface area contributed by atoms with Gasteiger partial charge in [0, 0.05) is 12.0 Å². The molecule has 3 unspecified atom stereocenters. The van der Waals surface area contributed by atoms with Crippen LogP contribution in [0.3, 0.4) is 0 Å². The van der Waals surface area contributed by atoms with Gasteiger partial charge < -0.3 is 5.32 Å². The topological polar surface area (TPSA) is 29.1 Å². The third kappa shape index (κ3) is 1.86. The summed E-state index contributed by atoms with van der Waals surface area (Å²) in [6.45, 7) is 7.08. The van der Waals surface area contributed by atoms with E-state index in [4.69, 9.17) is 0 Å². The zero-order valence-electron chi connectivity index (χ0n) is 8.26. The number of hydrogen-bond acceptors (Lipinski definition) is 2. The molecule has 12 heavy (non-hydrogen) atoms. The van der Waals surface area contributed by atoms with Gasteiger partial charge in [0.25, 0.3) is 0 Å². The van der Waals surface area contributed by atoms with Gasteiger partial charge >= 0.3 is 0 Å². The number of carbonyl (C=O) groups excluding carboxylic acids is 1. The van der Waals surface area contributed by atoms with E-state index in [1.165, 1.54) is 0 Å². The number of rotatable bonds is 2. The maximum Gasteiger partial charge on any atom is 0.133 e. The van der Waals surface area contributed by atoms with Crippen LogP contribution in [0.2, 0.25) is 0 Å². The van der Waals surface area contributed by atoms with Gasteiger partial charge in [-0.05, 0) is 32.7 Å². The van der Waals surface area contributed by atoms with Crippen LogP contribution in [0.1, 0.15) is 33.6 Å². The van der Waals surface area contributed by atoms with Crippen LogP contribution in [0.15, 0.2) is 0 Å². The lowest BCUT2D eigenvalue weighted by atomic mass is 9.78. The Kier molecular flexibility index (Phi) is 3.27. The number of Topliss-reactive ketones (excluding diaryl/α,β-unsaturated/α-hetero) is 1. The fourth-order valence-electron chi connectivity index (χ4n) is 2.32. The minimum atomic E-state index is 0.311. The first kappa shape index (κ1) is 9.72. The average Bonchev–Trinajstić information content (AvgIpc) is 2.03. The van der Waals surface area contributed by atoms with Crippen molar-refractivity contribution in [2.45, 2.75) is 39.7 Å². The molecule has 2 heteroatoms. The number of carbonyl (C=O) groups is 1. The summed E-state index contributed by atoms with van der Waals surface area (Å²) in [7, 11) is 0. The van der Waals surface area contributed by atoms with Gasteiger partial charge in [0.1, 0.15) is 5.78 Å². The smallest absolute Gasteiger partial charge is 0.133 e. The molecule has 2 nitrogen and oxygen atoms in total. The Morgan fingerprint density at radius 1 is 1.58 bits per heavy atom. The number of piperidine rings is 1. The summed E-state index contributed by atoms with van der Waals surface area (Å²) in [5, 5.41) is 3.42. The Balaban J connectivity index is 2.64. The predicted octanol–water partition coefficient (Wildman–Crippen LogP) is 1.60. The Morgan fingerprint density at radius 3 is 2.67 bits per heavy atom. The van der Waals surface area contributed by atoms with Gasteiger partial charge in [-0.25, -0.2) is 0 Å². The summed E-state index contributed by atoms with van der Waals surface area (Å²) < 4.78 is 0. The molecule has 3 atom stereocenters. The van der Waals surface area contributed by atoms with Gasteiger partial charge in [0.05, 0.1) is 0 Å². The Labute approximate surface area is 74.7 Å². The highest BCUT2D eigenvalue weighted by molar-refractivity contribution is 5.78. The van der Waals surface area contributed by atoms with Crippen molar-refractivity contribution in [1.29, 1.82) is 0 Å². The minimum absolute atomic E-state index is 0.311. The van der Waals surface area contributed by atoms with Gasteiger partial charge in [0.15, 0.2) is 0 Å². The third-order valence-corrected chi connectivity index (χ3v) is 3.07. The van der Waals surface area contributed by atoms with Crippen molar-refractivity contribution in [3.63, 3.8) is 0 Å². The van der Waals surface area contributed by atoms with E-state index in [1.807, 2.05) is 0 Å². The summed E-state index contributed by atoms with van der Waals surface area (Å²) in [5.74, 6) is 1.23. The summed E-state index contributed by atoms with van der Waals surface area (Å²) in [5.41, 5.74) is 0. The lowest BCUT2D eigenvalue weighted by Crippen LogP contribution is -2.45. The van der Waals surface area contributed by atoms with Crippen molar-refractivity contribution >= 4 is 5.78 Å². The van der Waals surface area contributed by atoms with Gasteiger partial charge in [-0.15, -0.1) is 0 Å². The Morgan fingerprint density at radius 2 is 2.25 bits per heavy atom. The molecule has 1 fully saturated rings. The van der Waals surface area contributed by atoms with E-state index in [9.17, 15) is 4.79 Å². The molecule has 0 saturated carbocycles. The molecule has 0 aromatic carbocycles. The van der Waals surface area contributed by atoms with E-state index >= 15 is 0 Å². The van der Waals surface area contributed by atoms with E-state index in [0.29, 0.717) is 23.7 Å². The van der Waals surface area contributed by atoms with Crippen LogP contribution in [-0.4, -0.2) is 18.4 Å². The summed E-state index contributed by atoms with van der Waals surface area (Å²) in [6, 6.07) is 0.512. The van der Waals surface area contributed by atoms with E-state index < -0.39 is 0 Å². The first-order chi connectivity index (χ1) is 5.66. The van der Waals surface area contributed by atoms with Crippen LogP contribution in [0.4, 0.5) is 0 Å². The van der Waals surface area contributed by atoms with Crippen LogP contribution < -0.4 is 5.32 Å². The Hall–Kier alpha value is -0.370. The average molecular weight is 169 g/mol. The molecule has 0 amide bonds. The summed E-state index contributed by atoms with van der Waals surface area (Å²) in [6.07, 6.45) is 2.14. The van der Waals surface area contributed by atoms with Crippen LogP contribution in [0.25, 0.3) is 0 Å². The molecule has 1 N–H and O–H groups in total. The monoisotopic (exact) mass is 169 g/mol. The lowest BCUT2D eigenvalue weighted by molar-refractivity contribution is -0.123. The normalized spacial score (nSPS) is 36.4. The zero-order chi connectivity index (χ0) is 9.14. The van der Waals surface area contributed by atoms with Gasteiger partial charge in [0.2, 0.25) is 0 Å². The van der Waals surface area contributed by atoms with E-state index in [1.54, 1.807) is 6.92 Å².